The van der Waals surface area contributed by atoms with Crippen LogP contribution < -0.4 is 0 Å². The fraction of sp³-hybridized carbons (Fsp3) is 0.900. The Morgan fingerprint density at radius 1 is 1.62 bits per heavy atom. The number of nitrogens with zero attached hydrogens (tertiary/aromatic N) is 1. The average Bonchev–Trinajstić information content (AvgIpc) is 2.60. The van der Waals surface area contributed by atoms with Gasteiger partial charge in [0, 0.05) is 32.5 Å². The van der Waals surface area contributed by atoms with Crippen LogP contribution in [0.3, 0.4) is 0 Å². The fourth-order valence-corrected chi connectivity index (χ4v) is 2.82. The second-order valence-corrected chi connectivity index (χ2v) is 4.48. The van der Waals surface area contributed by atoms with Crippen LogP contribution in [0.4, 0.5) is 0 Å². The van der Waals surface area contributed by atoms with E-state index in [0.717, 1.165) is 19.4 Å². The molecule has 2 fully saturated rings. The molecule has 0 aromatic rings. The van der Waals surface area contributed by atoms with Gasteiger partial charge >= 0.3 is 0 Å². The highest BCUT2D eigenvalue weighted by molar-refractivity contribution is 5.74. The zero-order chi connectivity index (χ0) is 9.64. The smallest absolute Gasteiger partial charge is 0.219 e. The van der Waals surface area contributed by atoms with Crippen LogP contribution >= 0.6 is 0 Å². The van der Waals surface area contributed by atoms with E-state index in [9.17, 15) is 4.79 Å². The molecule has 1 aliphatic heterocycles. The Balaban J connectivity index is 2.11. The van der Waals surface area contributed by atoms with Gasteiger partial charge in [-0.25, -0.2) is 0 Å². The van der Waals surface area contributed by atoms with Gasteiger partial charge in [-0.05, 0) is 19.8 Å². The minimum atomic E-state index is 0.0244. The van der Waals surface area contributed by atoms with Crippen molar-refractivity contribution in [2.45, 2.75) is 38.3 Å². The summed E-state index contributed by atoms with van der Waals surface area (Å²) in [5.74, 6) is 0.761. The lowest BCUT2D eigenvalue weighted by Gasteiger charge is -2.37. The number of hydrogen-bond acceptors (Lipinski definition) is 2. The first kappa shape index (κ1) is 9.00. The lowest BCUT2D eigenvalue weighted by atomic mass is 9.91. The molecule has 3 unspecified atom stereocenters. The Hall–Kier alpha value is -0.570. The highest BCUT2D eigenvalue weighted by atomic mass is 16.5. The number of carbonyl (C=O) groups excluding carboxylic acids is 1. The summed E-state index contributed by atoms with van der Waals surface area (Å²) in [6.07, 6.45) is 2.14. The monoisotopic (exact) mass is 183 g/mol. The molecule has 0 aromatic heterocycles. The van der Waals surface area contributed by atoms with Gasteiger partial charge in [0.15, 0.2) is 0 Å². The molecule has 1 aliphatic carbocycles. The molecule has 74 valence electrons. The van der Waals surface area contributed by atoms with E-state index in [-0.39, 0.29) is 11.5 Å². The van der Waals surface area contributed by atoms with Crippen LogP contribution in [0.25, 0.3) is 0 Å². The zero-order valence-electron chi connectivity index (χ0n) is 8.54. The minimum absolute atomic E-state index is 0.0244. The number of amides is 1. The second-order valence-electron chi connectivity index (χ2n) is 4.48. The summed E-state index contributed by atoms with van der Waals surface area (Å²) in [5, 5.41) is 0. The van der Waals surface area contributed by atoms with Gasteiger partial charge < -0.3 is 9.64 Å². The molecule has 2 bridgehead atoms. The van der Waals surface area contributed by atoms with Gasteiger partial charge in [-0.3, -0.25) is 4.79 Å². The van der Waals surface area contributed by atoms with Crippen molar-refractivity contribution in [3.05, 3.63) is 0 Å². The summed E-state index contributed by atoms with van der Waals surface area (Å²) >= 11 is 0. The van der Waals surface area contributed by atoms with Crippen LogP contribution in [0.2, 0.25) is 0 Å². The molecule has 0 spiro atoms. The van der Waals surface area contributed by atoms with Crippen molar-refractivity contribution >= 4 is 5.91 Å². The van der Waals surface area contributed by atoms with E-state index < -0.39 is 0 Å². The summed E-state index contributed by atoms with van der Waals surface area (Å²) in [5.41, 5.74) is 0.0244. The number of piperidine rings is 1. The molecular weight excluding hydrogens is 166 g/mol. The lowest BCUT2D eigenvalue weighted by molar-refractivity contribution is -0.134. The lowest BCUT2D eigenvalue weighted by Crippen LogP contribution is -2.46. The standard InChI is InChI=1S/C10H17NO2/c1-7(12)11-6-8-4-9(11)5-10(8,2)13-3/h8-9H,4-6H2,1-3H3. The third-order valence-corrected chi connectivity index (χ3v) is 3.79. The highest BCUT2D eigenvalue weighted by Crippen LogP contribution is 2.46. The predicted octanol–water partition coefficient (Wildman–Crippen LogP) is 1.03. The maximum absolute atomic E-state index is 11.2. The number of fused-ring (bicyclic) bond motifs is 2. The average molecular weight is 183 g/mol. The molecule has 2 aliphatic rings. The molecule has 0 N–H and O–H groups in total. The predicted molar refractivity (Wildman–Crippen MR) is 49.3 cm³/mol. The molecule has 13 heavy (non-hydrogen) atoms. The molecule has 1 saturated carbocycles. The summed E-state index contributed by atoms with van der Waals surface area (Å²) in [6, 6.07) is 0.437. The number of likely N-dealkylation sites (tertiary alicyclic amines) is 1. The molecule has 3 nitrogen and oxygen atoms in total. The van der Waals surface area contributed by atoms with Crippen molar-refractivity contribution in [3.8, 4) is 0 Å². The van der Waals surface area contributed by atoms with Gasteiger partial charge in [0.25, 0.3) is 0 Å². The van der Waals surface area contributed by atoms with Gasteiger partial charge in [0.1, 0.15) is 0 Å². The van der Waals surface area contributed by atoms with E-state index in [2.05, 4.69) is 6.92 Å². The summed E-state index contributed by atoms with van der Waals surface area (Å²) < 4.78 is 5.52. The molecular formula is C10H17NO2. The van der Waals surface area contributed by atoms with Crippen LogP contribution in [0, 0.1) is 5.92 Å². The molecule has 2 rings (SSSR count). The van der Waals surface area contributed by atoms with Gasteiger partial charge in [-0.15, -0.1) is 0 Å². The Bertz CT molecular complexity index is 241. The number of rotatable bonds is 1. The Morgan fingerprint density at radius 2 is 2.31 bits per heavy atom. The quantitative estimate of drug-likeness (QED) is 0.607. The zero-order valence-corrected chi connectivity index (χ0v) is 8.54. The van der Waals surface area contributed by atoms with Crippen molar-refractivity contribution in [1.29, 1.82) is 0 Å². The fourth-order valence-electron chi connectivity index (χ4n) is 2.82. The van der Waals surface area contributed by atoms with Crippen LogP contribution in [-0.2, 0) is 9.53 Å². The molecule has 1 amide bonds. The van der Waals surface area contributed by atoms with Gasteiger partial charge in [-0.2, -0.15) is 0 Å². The SMILES string of the molecule is COC1(C)CC2CC1CN2C(C)=O. The molecule has 0 radical (unpaired) electrons. The molecule has 0 aromatic carbocycles. The van der Waals surface area contributed by atoms with Gasteiger partial charge in [0.05, 0.1) is 5.60 Å². The third-order valence-electron chi connectivity index (χ3n) is 3.79. The van der Waals surface area contributed by atoms with E-state index in [0.29, 0.717) is 12.0 Å². The van der Waals surface area contributed by atoms with Crippen LogP contribution in [0.15, 0.2) is 0 Å². The first-order valence-electron chi connectivity index (χ1n) is 4.89. The maximum atomic E-state index is 11.2. The van der Waals surface area contributed by atoms with E-state index in [1.54, 1.807) is 14.0 Å². The van der Waals surface area contributed by atoms with Gasteiger partial charge in [0.2, 0.25) is 5.91 Å². The largest absolute Gasteiger partial charge is 0.378 e. The van der Waals surface area contributed by atoms with Crippen LogP contribution in [-0.4, -0.2) is 36.1 Å². The second kappa shape index (κ2) is 2.71. The number of ether oxygens (including phenoxy) is 1. The first-order chi connectivity index (χ1) is 6.07. The first-order valence-corrected chi connectivity index (χ1v) is 4.89. The normalized spacial score (nSPS) is 42.8. The Morgan fingerprint density at radius 3 is 2.69 bits per heavy atom. The molecule has 1 saturated heterocycles. The maximum Gasteiger partial charge on any atom is 0.219 e. The van der Waals surface area contributed by atoms with E-state index in [1.807, 2.05) is 4.90 Å². The summed E-state index contributed by atoms with van der Waals surface area (Å²) in [6.45, 7) is 4.71. The van der Waals surface area contributed by atoms with Crippen molar-refractivity contribution in [1.82, 2.24) is 4.90 Å². The third kappa shape index (κ3) is 1.17. The van der Waals surface area contributed by atoms with E-state index in [1.165, 1.54) is 0 Å². The van der Waals surface area contributed by atoms with Crippen LogP contribution in [0.5, 0.6) is 0 Å². The molecule has 3 atom stereocenters. The summed E-state index contributed by atoms with van der Waals surface area (Å²) in [7, 11) is 1.78. The number of carbonyl (C=O) groups is 1. The molecule has 1 heterocycles. The molecule has 3 heteroatoms. The Labute approximate surface area is 79.0 Å². The van der Waals surface area contributed by atoms with Gasteiger partial charge in [-0.1, -0.05) is 0 Å². The minimum Gasteiger partial charge on any atom is -0.378 e. The van der Waals surface area contributed by atoms with E-state index >= 15 is 0 Å². The topological polar surface area (TPSA) is 29.5 Å². The Kier molecular flexibility index (Phi) is 1.88. The number of hydrogen-bond donors (Lipinski definition) is 0. The highest BCUT2D eigenvalue weighted by Gasteiger charge is 2.52. The van der Waals surface area contributed by atoms with Crippen molar-refractivity contribution in [3.63, 3.8) is 0 Å². The van der Waals surface area contributed by atoms with Crippen molar-refractivity contribution in [2.24, 2.45) is 5.92 Å². The summed E-state index contributed by atoms with van der Waals surface area (Å²) in [4.78, 5) is 13.2. The van der Waals surface area contributed by atoms with Crippen LogP contribution in [0.1, 0.15) is 26.7 Å². The van der Waals surface area contributed by atoms with Crippen molar-refractivity contribution in [2.75, 3.05) is 13.7 Å². The van der Waals surface area contributed by atoms with E-state index in [4.69, 9.17) is 4.74 Å². The number of methoxy groups -OCH3 is 1. The van der Waals surface area contributed by atoms with Crippen molar-refractivity contribution < 1.29 is 9.53 Å².